The van der Waals surface area contributed by atoms with Crippen LogP contribution in [0.3, 0.4) is 0 Å². The van der Waals surface area contributed by atoms with Gasteiger partial charge in [-0.15, -0.1) is 0 Å². The van der Waals surface area contributed by atoms with Crippen molar-refractivity contribution in [2.24, 2.45) is 0 Å². The minimum atomic E-state index is -0.317. The molecule has 0 aliphatic carbocycles. The molecule has 4 rings (SSSR count). The van der Waals surface area contributed by atoms with Crippen LogP contribution in [0.1, 0.15) is 12.0 Å². The van der Waals surface area contributed by atoms with E-state index in [0.29, 0.717) is 6.54 Å². The number of rotatable bonds is 3. The second-order valence-corrected chi connectivity index (χ2v) is 8.53. The summed E-state index contributed by atoms with van der Waals surface area (Å²) in [5, 5.41) is 11.5. The van der Waals surface area contributed by atoms with Crippen molar-refractivity contribution in [3.63, 3.8) is 0 Å². The van der Waals surface area contributed by atoms with Crippen molar-refractivity contribution in [2.75, 3.05) is 23.9 Å². The minimum Gasteiger partial charge on any atom is -0.390 e. The average molecular weight is 361 g/mol. The summed E-state index contributed by atoms with van der Waals surface area (Å²) in [5.74, 6) is 0. The summed E-state index contributed by atoms with van der Waals surface area (Å²) in [6.07, 6.45) is 0.699. The highest BCUT2D eigenvalue weighted by molar-refractivity contribution is 8.02. The molecule has 2 aromatic rings. The van der Waals surface area contributed by atoms with Gasteiger partial charge in [0.1, 0.15) is 0 Å². The van der Waals surface area contributed by atoms with Gasteiger partial charge in [0.2, 0.25) is 0 Å². The first-order valence-electron chi connectivity index (χ1n) is 8.31. The first-order valence-corrected chi connectivity index (χ1v) is 9.46. The number of nitrogens with zero attached hydrogens (tertiary/aromatic N) is 2. The predicted molar refractivity (Wildman–Crippen MR) is 101 cm³/mol. The summed E-state index contributed by atoms with van der Waals surface area (Å²) in [5.41, 5.74) is 2.41. The number of hydrogen-bond acceptors (Lipinski definition) is 4. The van der Waals surface area contributed by atoms with Crippen LogP contribution in [0.15, 0.2) is 54.6 Å². The Kier molecular flexibility index (Phi) is 4.48. The van der Waals surface area contributed by atoms with E-state index in [0.717, 1.165) is 36.8 Å². The van der Waals surface area contributed by atoms with Gasteiger partial charge in [0.25, 0.3) is 0 Å². The maximum atomic E-state index is 10.7. The summed E-state index contributed by atoms with van der Waals surface area (Å²) < 4.78 is 2.10. The van der Waals surface area contributed by atoms with E-state index in [1.54, 1.807) is 11.9 Å². The zero-order chi connectivity index (χ0) is 16.6. The van der Waals surface area contributed by atoms with E-state index < -0.39 is 0 Å². The van der Waals surface area contributed by atoms with Crippen LogP contribution < -0.4 is 4.31 Å². The zero-order valence-electron chi connectivity index (χ0n) is 13.4. The van der Waals surface area contributed by atoms with Gasteiger partial charge < -0.3 is 9.41 Å². The third-order valence-electron chi connectivity index (χ3n) is 4.93. The Hall–Kier alpha value is -1.20. The summed E-state index contributed by atoms with van der Waals surface area (Å²) in [6.45, 7) is 3.56. The maximum Gasteiger partial charge on any atom is 0.0902 e. The highest BCUT2D eigenvalue weighted by atomic mass is 35.5. The normalized spacial score (nSPS) is 27.2. The zero-order valence-corrected chi connectivity index (χ0v) is 15.0. The Morgan fingerprint density at radius 1 is 1.17 bits per heavy atom. The molecule has 2 aromatic carbocycles. The largest absolute Gasteiger partial charge is 0.390 e. The molecule has 2 heterocycles. The Morgan fingerprint density at radius 3 is 2.79 bits per heavy atom. The third kappa shape index (κ3) is 3.16. The van der Waals surface area contributed by atoms with Gasteiger partial charge in [-0.1, -0.05) is 48.0 Å². The van der Waals surface area contributed by atoms with Crippen molar-refractivity contribution in [3.8, 4) is 0 Å². The highest BCUT2D eigenvalue weighted by Gasteiger charge is 2.51. The number of benzene rings is 2. The smallest absolute Gasteiger partial charge is 0.0902 e. The van der Waals surface area contributed by atoms with Gasteiger partial charge in [0.15, 0.2) is 0 Å². The summed E-state index contributed by atoms with van der Waals surface area (Å²) >= 11 is 7.91. The molecule has 0 amide bonds. The number of anilines is 1. The van der Waals surface area contributed by atoms with Crippen LogP contribution in [-0.4, -0.2) is 40.5 Å². The first kappa shape index (κ1) is 16.3. The molecule has 1 N–H and O–H groups in total. The molecule has 0 bridgehead atoms. The van der Waals surface area contributed by atoms with Crippen LogP contribution in [0, 0.1) is 0 Å². The molecule has 0 saturated carbocycles. The number of β-amino-alcohol motifs (C(OH)–C–C–N with tert-alkyl or cyclic N) is 1. The Balaban J connectivity index is 1.46. The molecule has 0 radical (unpaired) electrons. The molecule has 126 valence electrons. The molecule has 1 spiro atoms. The number of aliphatic hydroxyl groups excluding tert-OH is 1. The lowest BCUT2D eigenvalue weighted by Crippen LogP contribution is -2.39. The van der Waals surface area contributed by atoms with Crippen molar-refractivity contribution in [1.82, 2.24) is 4.90 Å². The van der Waals surface area contributed by atoms with Crippen LogP contribution in [0.5, 0.6) is 0 Å². The van der Waals surface area contributed by atoms with Gasteiger partial charge in [-0.05, 0) is 42.1 Å². The number of hydrogen-bond donors (Lipinski definition) is 1. The Labute approximate surface area is 152 Å². The fraction of sp³-hybridized carbons (Fsp3) is 0.368. The molecular weight excluding hydrogens is 340 g/mol. The van der Waals surface area contributed by atoms with E-state index in [1.807, 2.05) is 18.2 Å². The lowest BCUT2D eigenvalue weighted by atomic mass is 10.0. The van der Waals surface area contributed by atoms with Crippen molar-refractivity contribution in [1.29, 1.82) is 0 Å². The van der Waals surface area contributed by atoms with Crippen LogP contribution >= 0.6 is 23.5 Å². The molecule has 3 nitrogen and oxygen atoms in total. The molecule has 0 unspecified atom stereocenters. The van der Waals surface area contributed by atoms with Gasteiger partial charge in [0, 0.05) is 30.3 Å². The van der Waals surface area contributed by atoms with Crippen LogP contribution in [0.4, 0.5) is 5.69 Å². The van der Waals surface area contributed by atoms with E-state index in [9.17, 15) is 5.11 Å². The predicted octanol–water partition coefficient (Wildman–Crippen LogP) is 3.81. The maximum absolute atomic E-state index is 10.7. The van der Waals surface area contributed by atoms with Crippen molar-refractivity contribution in [2.45, 2.75) is 23.8 Å². The molecule has 5 heteroatoms. The SMILES string of the molecule is O[C@H]1CN(c2cccc(Cl)c2)S[C@@]12CCN(Cc1ccccc1)C2. The van der Waals surface area contributed by atoms with E-state index in [2.05, 4.69) is 45.6 Å². The molecule has 2 fully saturated rings. The monoisotopic (exact) mass is 360 g/mol. The standard InChI is InChI=1S/C19H21ClN2OS/c20-16-7-4-8-17(11-16)22-13-18(23)19(24-22)9-10-21(14-19)12-15-5-2-1-3-6-15/h1-8,11,18,23H,9-10,12-14H2/t18-,19+/m0/s1. The van der Waals surface area contributed by atoms with Gasteiger partial charge in [-0.3, -0.25) is 4.90 Å². The highest BCUT2D eigenvalue weighted by Crippen LogP contribution is 2.48. The van der Waals surface area contributed by atoms with Crippen LogP contribution in [0.25, 0.3) is 0 Å². The van der Waals surface area contributed by atoms with Crippen molar-refractivity contribution >= 4 is 29.2 Å². The van der Waals surface area contributed by atoms with Crippen molar-refractivity contribution < 1.29 is 5.11 Å². The van der Waals surface area contributed by atoms with Crippen LogP contribution in [0.2, 0.25) is 5.02 Å². The summed E-state index contributed by atoms with van der Waals surface area (Å²) in [7, 11) is 0. The fourth-order valence-electron chi connectivity index (χ4n) is 3.64. The average Bonchev–Trinajstić information content (AvgIpc) is 3.13. The molecular formula is C19H21ClN2OS. The fourth-order valence-corrected chi connectivity index (χ4v) is 5.31. The van der Waals surface area contributed by atoms with Gasteiger partial charge >= 0.3 is 0 Å². The lowest BCUT2D eigenvalue weighted by Gasteiger charge is -2.26. The second-order valence-electron chi connectivity index (χ2n) is 6.66. The topological polar surface area (TPSA) is 26.7 Å². The van der Waals surface area contributed by atoms with E-state index in [-0.39, 0.29) is 10.9 Å². The molecule has 2 atom stereocenters. The summed E-state index contributed by atoms with van der Waals surface area (Å²) in [4.78, 5) is 2.45. The summed E-state index contributed by atoms with van der Waals surface area (Å²) in [6, 6.07) is 18.4. The van der Waals surface area contributed by atoms with Gasteiger partial charge in [-0.25, -0.2) is 0 Å². The number of likely N-dealkylation sites (tertiary alicyclic amines) is 1. The minimum absolute atomic E-state index is 0.100. The van der Waals surface area contributed by atoms with E-state index in [1.165, 1.54) is 5.56 Å². The quantitative estimate of drug-likeness (QED) is 0.842. The second kappa shape index (κ2) is 6.60. The number of aliphatic hydroxyl groups is 1. The molecule has 2 saturated heterocycles. The van der Waals surface area contributed by atoms with Crippen LogP contribution in [-0.2, 0) is 6.54 Å². The van der Waals surface area contributed by atoms with E-state index >= 15 is 0 Å². The third-order valence-corrected chi connectivity index (χ3v) is 6.71. The molecule has 2 aliphatic heterocycles. The molecule has 2 aliphatic rings. The first-order chi connectivity index (χ1) is 11.6. The Morgan fingerprint density at radius 2 is 2.00 bits per heavy atom. The number of halogens is 1. The van der Waals surface area contributed by atoms with Gasteiger partial charge in [-0.2, -0.15) is 0 Å². The lowest BCUT2D eigenvalue weighted by molar-refractivity contribution is 0.145. The molecule has 0 aromatic heterocycles. The van der Waals surface area contributed by atoms with E-state index in [4.69, 9.17) is 11.6 Å². The molecule has 24 heavy (non-hydrogen) atoms. The van der Waals surface area contributed by atoms with Crippen molar-refractivity contribution in [3.05, 3.63) is 65.2 Å². The van der Waals surface area contributed by atoms with Gasteiger partial charge in [0.05, 0.1) is 17.4 Å². The Bertz CT molecular complexity index is 714.